The summed E-state index contributed by atoms with van der Waals surface area (Å²) in [5.41, 5.74) is 6.59. The van der Waals surface area contributed by atoms with Crippen LogP contribution in [0.3, 0.4) is 0 Å². The molecule has 31 heavy (non-hydrogen) atoms. The lowest BCUT2D eigenvalue weighted by molar-refractivity contribution is 1.18. The molecule has 5 rings (SSSR count). The minimum atomic E-state index is 0.887. The highest BCUT2D eigenvalue weighted by Gasteiger charge is 2.15. The lowest BCUT2D eigenvalue weighted by Crippen LogP contribution is -2.11. The lowest BCUT2D eigenvalue weighted by Gasteiger charge is -2.25. The van der Waals surface area contributed by atoms with Gasteiger partial charge in [-0.3, -0.25) is 4.90 Å². The number of rotatable bonds is 5. The summed E-state index contributed by atoms with van der Waals surface area (Å²) >= 11 is 0. The number of pyridine rings is 1. The number of para-hydroxylation sites is 1. The molecule has 4 aromatic carbocycles. The first-order chi connectivity index (χ1) is 15.4. The van der Waals surface area contributed by atoms with Crippen molar-refractivity contribution in [3.8, 4) is 22.4 Å². The van der Waals surface area contributed by atoms with Gasteiger partial charge in [0.15, 0.2) is 0 Å². The van der Waals surface area contributed by atoms with Crippen molar-refractivity contribution in [2.24, 2.45) is 0 Å². The second-order valence-corrected chi connectivity index (χ2v) is 7.33. The molecule has 0 N–H and O–H groups in total. The van der Waals surface area contributed by atoms with Gasteiger partial charge in [0.1, 0.15) is 5.82 Å². The summed E-state index contributed by atoms with van der Waals surface area (Å²) < 4.78 is 0. The third-order valence-corrected chi connectivity index (χ3v) is 5.26. The third kappa shape index (κ3) is 4.10. The summed E-state index contributed by atoms with van der Waals surface area (Å²) in [4.78, 5) is 7.23. The van der Waals surface area contributed by atoms with Gasteiger partial charge in [-0.2, -0.15) is 0 Å². The number of nitrogens with zero attached hydrogens (tertiary/aromatic N) is 2. The minimum Gasteiger partial charge on any atom is -0.295 e. The average molecular weight is 399 g/mol. The zero-order valence-electron chi connectivity index (χ0n) is 17.1. The molecule has 5 aromatic rings. The van der Waals surface area contributed by atoms with Crippen LogP contribution in [0.1, 0.15) is 0 Å². The molecule has 1 heterocycles. The number of hydrogen-bond acceptors (Lipinski definition) is 2. The zero-order chi connectivity index (χ0) is 20.9. The number of aromatic nitrogens is 1. The summed E-state index contributed by atoms with van der Waals surface area (Å²) in [6.45, 7) is 0. The molecule has 0 aliphatic heterocycles. The highest BCUT2D eigenvalue weighted by Crippen LogP contribution is 2.36. The lowest BCUT2D eigenvalue weighted by atomic mass is 10.0. The fraction of sp³-hybridized carbons (Fsp3) is 0. The average Bonchev–Trinajstić information content (AvgIpc) is 2.86. The van der Waals surface area contributed by atoms with Gasteiger partial charge >= 0.3 is 0 Å². The topological polar surface area (TPSA) is 16.1 Å². The molecule has 0 radical (unpaired) electrons. The van der Waals surface area contributed by atoms with Crippen LogP contribution in [-0.2, 0) is 0 Å². The molecule has 0 atom stereocenters. The SMILES string of the molecule is c1ccc(-c2cccc(N(c3ccccc3)c3cccc(-c4ccccc4)n3)c2)cc1. The Bertz CT molecular complexity index is 1180. The van der Waals surface area contributed by atoms with Crippen molar-refractivity contribution in [2.45, 2.75) is 0 Å². The standard InChI is InChI=1S/C29H22N2/c1-4-12-23(13-5-1)25-16-10-19-27(22-25)31(26-17-8-3-9-18-26)29-21-11-20-28(30-29)24-14-6-2-7-15-24/h1-22H. The Labute approximate surface area is 183 Å². The summed E-state index contributed by atoms with van der Waals surface area (Å²) in [5, 5.41) is 0. The Balaban J connectivity index is 1.63. The normalized spacial score (nSPS) is 10.6. The van der Waals surface area contributed by atoms with Crippen molar-refractivity contribution < 1.29 is 0 Å². The van der Waals surface area contributed by atoms with Crippen molar-refractivity contribution in [3.05, 3.63) is 133 Å². The first-order valence-electron chi connectivity index (χ1n) is 10.4. The smallest absolute Gasteiger partial charge is 0.138 e. The predicted octanol–water partition coefficient (Wildman–Crippen LogP) is 7.89. The van der Waals surface area contributed by atoms with Gasteiger partial charge in [0, 0.05) is 16.9 Å². The molecule has 0 saturated carbocycles. The van der Waals surface area contributed by atoms with E-state index in [-0.39, 0.29) is 0 Å². The molecule has 0 bridgehead atoms. The zero-order valence-corrected chi connectivity index (χ0v) is 17.1. The fourth-order valence-electron chi connectivity index (χ4n) is 3.76. The first kappa shape index (κ1) is 18.8. The highest BCUT2D eigenvalue weighted by atomic mass is 15.2. The van der Waals surface area contributed by atoms with Crippen molar-refractivity contribution >= 4 is 17.2 Å². The van der Waals surface area contributed by atoms with Crippen LogP contribution in [0.5, 0.6) is 0 Å². The van der Waals surface area contributed by atoms with Crippen LogP contribution in [0.2, 0.25) is 0 Å². The van der Waals surface area contributed by atoms with Crippen LogP contribution in [0.25, 0.3) is 22.4 Å². The Morgan fingerprint density at radius 3 is 1.68 bits per heavy atom. The Hall–Kier alpha value is -4.17. The molecule has 1 aromatic heterocycles. The molecular weight excluding hydrogens is 376 g/mol. The summed E-state index contributed by atoms with van der Waals surface area (Å²) in [6, 6.07) is 46.0. The van der Waals surface area contributed by atoms with Crippen molar-refractivity contribution in [1.82, 2.24) is 4.98 Å². The largest absolute Gasteiger partial charge is 0.295 e. The molecule has 0 unspecified atom stereocenters. The van der Waals surface area contributed by atoms with Gasteiger partial charge in [-0.25, -0.2) is 4.98 Å². The van der Waals surface area contributed by atoms with E-state index in [1.165, 1.54) is 11.1 Å². The summed E-state index contributed by atoms with van der Waals surface area (Å²) in [6.07, 6.45) is 0. The number of anilines is 3. The maximum atomic E-state index is 5.02. The van der Waals surface area contributed by atoms with Crippen LogP contribution >= 0.6 is 0 Å². The molecule has 0 aliphatic carbocycles. The number of hydrogen-bond donors (Lipinski definition) is 0. The van der Waals surface area contributed by atoms with E-state index in [2.05, 4.69) is 108 Å². The quantitative estimate of drug-likeness (QED) is 0.299. The van der Waals surface area contributed by atoms with Crippen LogP contribution in [0.4, 0.5) is 17.2 Å². The highest BCUT2D eigenvalue weighted by molar-refractivity contribution is 5.79. The Morgan fingerprint density at radius 2 is 0.968 bits per heavy atom. The van der Waals surface area contributed by atoms with E-state index in [1.54, 1.807) is 0 Å². The second kappa shape index (κ2) is 8.68. The maximum absolute atomic E-state index is 5.02. The van der Waals surface area contributed by atoms with Crippen LogP contribution in [0, 0.1) is 0 Å². The van der Waals surface area contributed by atoms with Crippen molar-refractivity contribution in [2.75, 3.05) is 4.90 Å². The van der Waals surface area contributed by atoms with E-state index in [0.29, 0.717) is 0 Å². The monoisotopic (exact) mass is 398 g/mol. The van der Waals surface area contributed by atoms with Gasteiger partial charge in [0.05, 0.1) is 5.69 Å². The Kier molecular flexibility index (Phi) is 5.27. The predicted molar refractivity (Wildman–Crippen MR) is 130 cm³/mol. The summed E-state index contributed by atoms with van der Waals surface area (Å²) in [7, 11) is 0. The molecule has 0 amide bonds. The van der Waals surface area contributed by atoms with E-state index in [4.69, 9.17) is 4.98 Å². The van der Waals surface area contributed by atoms with Crippen LogP contribution < -0.4 is 4.90 Å². The second-order valence-electron chi connectivity index (χ2n) is 7.33. The van der Waals surface area contributed by atoms with E-state index < -0.39 is 0 Å². The molecule has 0 saturated heterocycles. The van der Waals surface area contributed by atoms with Gasteiger partial charge in [0.25, 0.3) is 0 Å². The first-order valence-corrected chi connectivity index (χ1v) is 10.4. The van der Waals surface area contributed by atoms with E-state index >= 15 is 0 Å². The van der Waals surface area contributed by atoms with Gasteiger partial charge in [-0.15, -0.1) is 0 Å². The molecule has 2 nitrogen and oxygen atoms in total. The molecular formula is C29H22N2. The van der Waals surface area contributed by atoms with Crippen LogP contribution in [-0.4, -0.2) is 4.98 Å². The molecule has 148 valence electrons. The molecule has 0 aliphatic rings. The molecule has 2 heteroatoms. The van der Waals surface area contributed by atoms with E-state index in [9.17, 15) is 0 Å². The minimum absolute atomic E-state index is 0.887. The van der Waals surface area contributed by atoms with Gasteiger partial charge in [-0.05, 0) is 47.5 Å². The molecule has 0 spiro atoms. The third-order valence-electron chi connectivity index (χ3n) is 5.26. The summed E-state index contributed by atoms with van der Waals surface area (Å²) in [5.74, 6) is 0.887. The Morgan fingerprint density at radius 1 is 0.419 bits per heavy atom. The maximum Gasteiger partial charge on any atom is 0.138 e. The van der Waals surface area contributed by atoms with Crippen molar-refractivity contribution in [3.63, 3.8) is 0 Å². The van der Waals surface area contributed by atoms with Gasteiger partial charge < -0.3 is 0 Å². The van der Waals surface area contributed by atoms with Crippen molar-refractivity contribution in [1.29, 1.82) is 0 Å². The van der Waals surface area contributed by atoms with E-state index in [0.717, 1.165) is 28.5 Å². The van der Waals surface area contributed by atoms with Crippen LogP contribution in [0.15, 0.2) is 133 Å². The van der Waals surface area contributed by atoms with Gasteiger partial charge in [-0.1, -0.05) is 97.1 Å². The number of benzene rings is 4. The van der Waals surface area contributed by atoms with Gasteiger partial charge in [0.2, 0.25) is 0 Å². The fourth-order valence-corrected chi connectivity index (χ4v) is 3.76. The van der Waals surface area contributed by atoms with E-state index in [1.807, 2.05) is 30.3 Å². The molecule has 0 fully saturated rings.